The highest BCUT2D eigenvalue weighted by Crippen LogP contribution is 2.29. The molecule has 2 heterocycles. The van der Waals surface area contributed by atoms with E-state index in [0.717, 1.165) is 48.5 Å². The summed E-state index contributed by atoms with van der Waals surface area (Å²) in [4.78, 5) is 6.79. The van der Waals surface area contributed by atoms with Gasteiger partial charge in [-0.3, -0.25) is 4.90 Å². The molecule has 0 saturated carbocycles. The van der Waals surface area contributed by atoms with Gasteiger partial charge in [0.05, 0.1) is 13.2 Å². The number of rotatable bonds is 3. The molecule has 1 aliphatic rings. The van der Waals surface area contributed by atoms with Gasteiger partial charge in [0.25, 0.3) is 0 Å². The van der Waals surface area contributed by atoms with Crippen molar-refractivity contribution in [3.63, 3.8) is 0 Å². The molecule has 1 saturated heterocycles. The lowest BCUT2D eigenvalue weighted by molar-refractivity contribution is 0.0339. The number of nitrogens with zero attached hydrogens (tertiary/aromatic N) is 2. The number of phenols is 1. The van der Waals surface area contributed by atoms with Crippen molar-refractivity contribution in [3.05, 3.63) is 48.0 Å². The number of hydrogen-bond acceptors (Lipinski definition) is 5. The van der Waals surface area contributed by atoms with Gasteiger partial charge in [0, 0.05) is 30.8 Å². The van der Waals surface area contributed by atoms with E-state index in [4.69, 9.17) is 9.15 Å². The van der Waals surface area contributed by atoms with Gasteiger partial charge < -0.3 is 14.3 Å². The number of phenolic OH excluding ortho intramolecular Hbond substituents is 1. The molecule has 1 N–H and O–H groups in total. The number of aromatic nitrogens is 1. The summed E-state index contributed by atoms with van der Waals surface area (Å²) in [5, 5.41) is 10.1. The minimum Gasteiger partial charge on any atom is -0.508 e. The zero-order valence-electron chi connectivity index (χ0n) is 12.7. The molecule has 0 amide bonds. The summed E-state index contributed by atoms with van der Waals surface area (Å²) >= 11 is 0. The standard InChI is InChI=1S/C18H18N2O3/c21-16-6-5-13(11-14(16)12-20-7-9-22-10-8-20)18-19-15-3-1-2-4-17(15)23-18/h1-6,11,21H,7-10,12H2. The van der Waals surface area contributed by atoms with Gasteiger partial charge in [0.15, 0.2) is 5.58 Å². The Morgan fingerprint density at radius 2 is 1.91 bits per heavy atom. The maximum absolute atomic E-state index is 10.1. The molecular formula is C18H18N2O3. The van der Waals surface area contributed by atoms with Gasteiger partial charge in [-0.1, -0.05) is 12.1 Å². The third-order valence-corrected chi connectivity index (χ3v) is 4.12. The van der Waals surface area contributed by atoms with Gasteiger partial charge in [-0.2, -0.15) is 0 Å². The van der Waals surface area contributed by atoms with Crippen LogP contribution in [0.1, 0.15) is 5.56 Å². The molecule has 118 valence electrons. The molecule has 3 aromatic rings. The van der Waals surface area contributed by atoms with Crippen LogP contribution < -0.4 is 0 Å². The Balaban J connectivity index is 1.65. The highest BCUT2D eigenvalue weighted by atomic mass is 16.5. The van der Waals surface area contributed by atoms with Crippen LogP contribution >= 0.6 is 0 Å². The highest BCUT2D eigenvalue weighted by molar-refractivity contribution is 5.76. The second-order valence-corrected chi connectivity index (χ2v) is 5.72. The number of morpholine rings is 1. The van der Waals surface area contributed by atoms with Crippen molar-refractivity contribution in [3.8, 4) is 17.2 Å². The van der Waals surface area contributed by atoms with Gasteiger partial charge in [0.1, 0.15) is 11.3 Å². The maximum Gasteiger partial charge on any atom is 0.227 e. The average molecular weight is 310 g/mol. The Kier molecular flexibility index (Phi) is 3.73. The first-order valence-corrected chi connectivity index (χ1v) is 7.77. The number of para-hydroxylation sites is 2. The van der Waals surface area contributed by atoms with E-state index >= 15 is 0 Å². The minimum atomic E-state index is 0.302. The molecular weight excluding hydrogens is 292 g/mol. The highest BCUT2D eigenvalue weighted by Gasteiger charge is 2.15. The first-order valence-electron chi connectivity index (χ1n) is 7.77. The Bertz CT molecular complexity index is 789. The van der Waals surface area contributed by atoms with Crippen LogP contribution in [0.5, 0.6) is 5.75 Å². The molecule has 5 nitrogen and oxygen atoms in total. The zero-order chi connectivity index (χ0) is 15.6. The lowest BCUT2D eigenvalue weighted by atomic mass is 10.1. The van der Waals surface area contributed by atoms with Crippen LogP contribution in [0.25, 0.3) is 22.6 Å². The first-order chi connectivity index (χ1) is 11.3. The van der Waals surface area contributed by atoms with E-state index in [-0.39, 0.29) is 0 Å². The van der Waals surface area contributed by atoms with Crippen LogP contribution in [0.4, 0.5) is 0 Å². The zero-order valence-corrected chi connectivity index (χ0v) is 12.7. The summed E-state index contributed by atoms with van der Waals surface area (Å²) in [6, 6.07) is 13.2. The van der Waals surface area contributed by atoms with Crippen LogP contribution in [0.2, 0.25) is 0 Å². The van der Waals surface area contributed by atoms with E-state index in [1.54, 1.807) is 6.07 Å². The van der Waals surface area contributed by atoms with Crippen molar-refractivity contribution in [1.82, 2.24) is 9.88 Å². The third kappa shape index (κ3) is 2.93. The fourth-order valence-electron chi connectivity index (χ4n) is 2.84. The Morgan fingerprint density at radius 3 is 2.74 bits per heavy atom. The van der Waals surface area contributed by atoms with Gasteiger partial charge in [-0.15, -0.1) is 0 Å². The monoisotopic (exact) mass is 310 g/mol. The normalized spacial score (nSPS) is 16.0. The number of benzene rings is 2. The van der Waals surface area contributed by atoms with Gasteiger partial charge in [-0.25, -0.2) is 4.98 Å². The number of hydrogen-bond donors (Lipinski definition) is 1. The van der Waals surface area contributed by atoms with Crippen molar-refractivity contribution in [2.24, 2.45) is 0 Å². The van der Waals surface area contributed by atoms with Crippen molar-refractivity contribution in [2.45, 2.75) is 6.54 Å². The largest absolute Gasteiger partial charge is 0.508 e. The topological polar surface area (TPSA) is 58.7 Å². The molecule has 0 atom stereocenters. The summed E-state index contributed by atoms with van der Waals surface area (Å²) in [7, 11) is 0. The predicted molar refractivity (Wildman–Crippen MR) is 87.2 cm³/mol. The van der Waals surface area contributed by atoms with Crippen molar-refractivity contribution in [2.75, 3.05) is 26.3 Å². The smallest absolute Gasteiger partial charge is 0.227 e. The summed E-state index contributed by atoms with van der Waals surface area (Å²) in [6.45, 7) is 3.94. The van der Waals surface area contributed by atoms with Crippen LogP contribution in [0.3, 0.4) is 0 Å². The van der Waals surface area contributed by atoms with Crippen molar-refractivity contribution >= 4 is 11.1 Å². The number of aromatic hydroxyl groups is 1. The molecule has 0 spiro atoms. The summed E-state index contributed by atoms with van der Waals surface area (Å²) in [5.41, 5.74) is 3.37. The molecule has 2 aromatic carbocycles. The van der Waals surface area contributed by atoms with E-state index in [1.807, 2.05) is 36.4 Å². The summed E-state index contributed by atoms with van der Waals surface area (Å²) < 4.78 is 11.2. The maximum atomic E-state index is 10.1. The average Bonchev–Trinajstić information content (AvgIpc) is 3.02. The minimum absolute atomic E-state index is 0.302. The number of fused-ring (bicyclic) bond motifs is 1. The molecule has 0 aliphatic carbocycles. The number of oxazole rings is 1. The Hall–Kier alpha value is -2.37. The van der Waals surface area contributed by atoms with E-state index in [2.05, 4.69) is 9.88 Å². The molecule has 4 rings (SSSR count). The molecule has 1 fully saturated rings. The summed E-state index contributed by atoms with van der Waals surface area (Å²) in [5.74, 6) is 0.880. The quantitative estimate of drug-likeness (QED) is 0.806. The second-order valence-electron chi connectivity index (χ2n) is 5.72. The molecule has 0 radical (unpaired) electrons. The lowest BCUT2D eigenvalue weighted by Crippen LogP contribution is -2.35. The van der Waals surface area contributed by atoms with Crippen LogP contribution in [-0.4, -0.2) is 41.3 Å². The van der Waals surface area contributed by atoms with Gasteiger partial charge >= 0.3 is 0 Å². The fourth-order valence-corrected chi connectivity index (χ4v) is 2.84. The third-order valence-electron chi connectivity index (χ3n) is 4.12. The Labute approximate surface area is 134 Å². The fraction of sp³-hybridized carbons (Fsp3) is 0.278. The van der Waals surface area contributed by atoms with Gasteiger partial charge in [-0.05, 0) is 30.3 Å². The number of ether oxygens (including phenoxy) is 1. The first kappa shape index (κ1) is 14.2. The molecule has 0 bridgehead atoms. The molecule has 23 heavy (non-hydrogen) atoms. The van der Waals surface area contributed by atoms with E-state index < -0.39 is 0 Å². The van der Waals surface area contributed by atoms with E-state index in [0.29, 0.717) is 18.2 Å². The Morgan fingerprint density at radius 1 is 1.09 bits per heavy atom. The van der Waals surface area contributed by atoms with E-state index in [9.17, 15) is 5.11 Å². The lowest BCUT2D eigenvalue weighted by Gasteiger charge is -2.26. The molecule has 1 aliphatic heterocycles. The predicted octanol–water partition coefficient (Wildman–Crippen LogP) is 3.03. The van der Waals surface area contributed by atoms with Crippen LogP contribution in [0.15, 0.2) is 46.9 Å². The second kappa shape index (κ2) is 6.02. The SMILES string of the molecule is Oc1ccc(-c2nc3ccccc3o2)cc1CN1CCOCC1. The van der Waals surface area contributed by atoms with Gasteiger partial charge in [0.2, 0.25) is 5.89 Å². The van der Waals surface area contributed by atoms with Crippen molar-refractivity contribution in [1.29, 1.82) is 0 Å². The van der Waals surface area contributed by atoms with Crippen molar-refractivity contribution < 1.29 is 14.3 Å². The molecule has 1 aromatic heterocycles. The molecule has 0 unspecified atom stereocenters. The molecule has 5 heteroatoms. The van der Waals surface area contributed by atoms with Crippen LogP contribution in [0, 0.1) is 0 Å². The van der Waals surface area contributed by atoms with Crippen LogP contribution in [-0.2, 0) is 11.3 Å². The van der Waals surface area contributed by atoms with E-state index in [1.165, 1.54) is 0 Å². The summed E-state index contributed by atoms with van der Waals surface area (Å²) in [6.07, 6.45) is 0.